The highest BCUT2D eigenvalue weighted by atomic mass is 32.1. The second kappa shape index (κ2) is 6.70. The normalized spacial score (nSPS) is 20.6. The van der Waals surface area contributed by atoms with Crippen LogP contribution in [0.4, 0.5) is 0 Å². The van der Waals surface area contributed by atoms with Gasteiger partial charge in [0.25, 0.3) is 0 Å². The maximum Gasteiger partial charge on any atom is 0.0576 e. The minimum atomic E-state index is 0.465. The molecule has 1 aromatic carbocycles. The van der Waals surface area contributed by atoms with E-state index in [9.17, 15) is 0 Å². The molecule has 1 aliphatic heterocycles. The zero-order chi connectivity index (χ0) is 13.8. The van der Waals surface area contributed by atoms with Crippen LogP contribution in [0.25, 0.3) is 10.1 Å². The van der Waals surface area contributed by atoms with Gasteiger partial charge in [-0.2, -0.15) is 0 Å². The molecule has 0 saturated carbocycles. The van der Waals surface area contributed by atoms with Crippen molar-refractivity contribution < 1.29 is 4.74 Å². The van der Waals surface area contributed by atoms with E-state index < -0.39 is 0 Å². The van der Waals surface area contributed by atoms with Crippen LogP contribution in [-0.4, -0.2) is 19.8 Å². The molecule has 3 rings (SSSR count). The van der Waals surface area contributed by atoms with Gasteiger partial charge in [0.05, 0.1) is 6.10 Å². The summed E-state index contributed by atoms with van der Waals surface area (Å²) < 4.78 is 7.10. The fraction of sp³-hybridized carbons (Fsp3) is 0.529. The van der Waals surface area contributed by atoms with E-state index in [0.29, 0.717) is 12.1 Å². The first-order valence-corrected chi connectivity index (χ1v) is 8.51. The van der Waals surface area contributed by atoms with Crippen LogP contribution >= 0.6 is 11.3 Å². The van der Waals surface area contributed by atoms with Gasteiger partial charge in [0.2, 0.25) is 0 Å². The number of ether oxygens (including phenoxy) is 1. The van der Waals surface area contributed by atoms with Crippen molar-refractivity contribution >= 4 is 21.4 Å². The third-order valence-electron chi connectivity index (χ3n) is 4.28. The van der Waals surface area contributed by atoms with E-state index in [-0.39, 0.29) is 0 Å². The van der Waals surface area contributed by atoms with Crippen LogP contribution in [0.5, 0.6) is 0 Å². The van der Waals surface area contributed by atoms with E-state index in [1.54, 1.807) is 0 Å². The monoisotopic (exact) mass is 289 g/mol. The first kappa shape index (κ1) is 14.1. The van der Waals surface area contributed by atoms with Crippen molar-refractivity contribution in [3.63, 3.8) is 0 Å². The van der Waals surface area contributed by atoms with Gasteiger partial charge in [-0.15, -0.1) is 11.3 Å². The zero-order valence-corrected chi connectivity index (χ0v) is 12.9. The molecule has 0 radical (unpaired) electrons. The lowest BCUT2D eigenvalue weighted by Gasteiger charge is -2.17. The zero-order valence-electron chi connectivity index (χ0n) is 12.1. The standard InChI is InChI=1S/C17H23NOS/c1-18-16(9-4-6-13-7-5-11-19-13)15-12-20-17-10-3-2-8-14(15)17/h2-3,8,10,12-13,16,18H,4-7,9,11H2,1H3. The van der Waals surface area contributed by atoms with Crippen molar-refractivity contribution in [1.29, 1.82) is 0 Å². The summed E-state index contributed by atoms with van der Waals surface area (Å²) in [6.45, 7) is 0.968. The minimum absolute atomic E-state index is 0.465. The molecule has 1 aliphatic rings. The molecule has 0 bridgehead atoms. The van der Waals surface area contributed by atoms with Gasteiger partial charge in [0, 0.05) is 17.3 Å². The second-order valence-corrected chi connectivity index (χ2v) is 6.51. The lowest BCUT2D eigenvalue weighted by atomic mass is 9.99. The van der Waals surface area contributed by atoms with Crippen LogP contribution in [0, 0.1) is 0 Å². The second-order valence-electron chi connectivity index (χ2n) is 5.59. The van der Waals surface area contributed by atoms with Crippen molar-refractivity contribution in [3.8, 4) is 0 Å². The molecule has 2 atom stereocenters. The molecule has 2 heterocycles. The molecular formula is C17H23NOS. The maximum absolute atomic E-state index is 5.71. The summed E-state index contributed by atoms with van der Waals surface area (Å²) >= 11 is 1.85. The van der Waals surface area contributed by atoms with Gasteiger partial charge in [-0.3, -0.25) is 0 Å². The molecule has 2 nitrogen and oxygen atoms in total. The Morgan fingerprint density at radius 2 is 2.30 bits per heavy atom. The van der Waals surface area contributed by atoms with E-state index in [0.717, 1.165) is 6.61 Å². The van der Waals surface area contributed by atoms with Crippen LogP contribution in [-0.2, 0) is 4.74 Å². The summed E-state index contributed by atoms with van der Waals surface area (Å²) in [5.74, 6) is 0. The van der Waals surface area contributed by atoms with Crippen LogP contribution in [0.15, 0.2) is 29.6 Å². The Balaban J connectivity index is 1.63. The SMILES string of the molecule is CNC(CCCC1CCCO1)c1csc2ccccc12. The first-order valence-electron chi connectivity index (χ1n) is 7.63. The van der Waals surface area contributed by atoms with Gasteiger partial charge in [0.15, 0.2) is 0 Å². The summed E-state index contributed by atoms with van der Waals surface area (Å²) in [5, 5.41) is 7.22. The lowest BCUT2D eigenvalue weighted by Crippen LogP contribution is -2.16. The number of thiophene rings is 1. The number of nitrogens with one attached hydrogen (secondary N) is 1. The van der Waals surface area contributed by atoms with E-state index in [1.807, 2.05) is 11.3 Å². The van der Waals surface area contributed by atoms with Crippen molar-refractivity contribution in [2.24, 2.45) is 0 Å². The number of rotatable bonds is 6. The summed E-state index contributed by atoms with van der Waals surface area (Å²) in [7, 11) is 2.07. The maximum atomic E-state index is 5.71. The number of hydrogen-bond acceptors (Lipinski definition) is 3. The molecule has 1 aromatic heterocycles. The third kappa shape index (κ3) is 3.05. The third-order valence-corrected chi connectivity index (χ3v) is 5.26. The number of hydrogen-bond donors (Lipinski definition) is 1. The van der Waals surface area contributed by atoms with Gasteiger partial charge in [-0.05, 0) is 61.5 Å². The van der Waals surface area contributed by atoms with Crippen LogP contribution < -0.4 is 5.32 Å². The Kier molecular flexibility index (Phi) is 4.71. The molecule has 1 N–H and O–H groups in total. The molecule has 0 amide bonds. The molecule has 1 fully saturated rings. The molecule has 2 unspecified atom stereocenters. The Morgan fingerprint density at radius 3 is 3.10 bits per heavy atom. The Labute approximate surface area is 125 Å². The summed E-state index contributed by atoms with van der Waals surface area (Å²) in [4.78, 5) is 0. The molecule has 108 valence electrons. The predicted molar refractivity (Wildman–Crippen MR) is 86.5 cm³/mol. The fourth-order valence-corrected chi connectivity index (χ4v) is 4.16. The lowest BCUT2D eigenvalue weighted by molar-refractivity contribution is 0.101. The molecule has 3 heteroatoms. The molecule has 20 heavy (non-hydrogen) atoms. The van der Waals surface area contributed by atoms with E-state index in [2.05, 4.69) is 42.0 Å². The Bertz CT molecular complexity index is 545. The molecule has 0 spiro atoms. The highest BCUT2D eigenvalue weighted by Gasteiger charge is 2.17. The molecule has 2 aromatic rings. The fourth-order valence-electron chi connectivity index (χ4n) is 3.15. The van der Waals surface area contributed by atoms with Gasteiger partial charge in [0.1, 0.15) is 0 Å². The smallest absolute Gasteiger partial charge is 0.0576 e. The van der Waals surface area contributed by atoms with E-state index >= 15 is 0 Å². The average molecular weight is 289 g/mol. The topological polar surface area (TPSA) is 21.3 Å². The minimum Gasteiger partial charge on any atom is -0.378 e. The first-order chi connectivity index (χ1) is 9.88. The van der Waals surface area contributed by atoms with Gasteiger partial charge < -0.3 is 10.1 Å². The quantitative estimate of drug-likeness (QED) is 0.844. The van der Waals surface area contributed by atoms with E-state index in [4.69, 9.17) is 4.74 Å². The highest BCUT2D eigenvalue weighted by Crippen LogP contribution is 2.32. The largest absolute Gasteiger partial charge is 0.378 e. The van der Waals surface area contributed by atoms with Gasteiger partial charge >= 0.3 is 0 Å². The van der Waals surface area contributed by atoms with Crippen molar-refractivity contribution in [2.75, 3.05) is 13.7 Å². The molecule has 0 aliphatic carbocycles. The predicted octanol–water partition coefficient (Wildman–Crippen LogP) is 4.51. The van der Waals surface area contributed by atoms with Crippen LogP contribution in [0.3, 0.4) is 0 Å². The van der Waals surface area contributed by atoms with Gasteiger partial charge in [-0.1, -0.05) is 18.2 Å². The van der Waals surface area contributed by atoms with E-state index in [1.165, 1.54) is 47.8 Å². The molecule has 1 saturated heterocycles. The summed E-state index contributed by atoms with van der Waals surface area (Å²) in [6.07, 6.45) is 6.66. The van der Waals surface area contributed by atoms with Crippen molar-refractivity contribution in [1.82, 2.24) is 5.32 Å². The van der Waals surface area contributed by atoms with Crippen molar-refractivity contribution in [3.05, 3.63) is 35.2 Å². The van der Waals surface area contributed by atoms with Crippen molar-refractivity contribution in [2.45, 2.75) is 44.2 Å². The van der Waals surface area contributed by atoms with Crippen LogP contribution in [0.2, 0.25) is 0 Å². The molecular weight excluding hydrogens is 266 g/mol. The number of fused-ring (bicyclic) bond motifs is 1. The summed E-state index contributed by atoms with van der Waals surface area (Å²) in [5.41, 5.74) is 1.46. The van der Waals surface area contributed by atoms with Gasteiger partial charge in [-0.25, -0.2) is 0 Å². The Morgan fingerprint density at radius 1 is 1.40 bits per heavy atom. The van der Waals surface area contributed by atoms with Crippen LogP contribution in [0.1, 0.15) is 43.7 Å². The Hall–Kier alpha value is -0.900. The number of benzene rings is 1. The summed E-state index contributed by atoms with van der Waals surface area (Å²) in [6, 6.07) is 9.17. The highest BCUT2D eigenvalue weighted by molar-refractivity contribution is 7.17. The average Bonchev–Trinajstić information content (AvgIpc) is 3.13.